The first-order valence-corrected chi connectivity index (χ1v) is 5.76. The third-order valence-corrected chi connectivity index (χ3v) is 2.95. The highest BCUT2D eigenvalue weighted by Crippen LogP contribution is 2.12. The third-order valence-electron chi connectivity index (χ3n) is 2.56. The number of carbonyl (C=O) groups is 1. The number of ketones is 1. The van der Waals surface area contributed by atoms with E-state index in [1.807, 2.05) is 6.07 Å². The summed E-state index contributed by atoms with van der Waals surface area (Å²) in [5, 5.41) is 0. The van der Waals surface area contributed by atoms with E-state index in [2.05, 4.69) is 0 Å². The van der Waals surface area contributed by atoms with E-state index in [0.717, 1.165) is 0 Å². The summed E-state index contributed by atoms with van der Waals surface area (Å²) in [7, 11) is 0. The smallest absolute Gasteiger partial charge is 0.414 e. The summed E-state index contributed by atoms with van der Waals surface area (Å²) in [5.74, 6) is -0.552. The molecule has 0 aliphatic rings. The van der Waals surface area contributed by atoms with Gasteiger partial charge in [0.15, 0.2) is 5.78 Å². The first-order chi connectivity index (χ1) is 8.52. The fourth-order valence-corrected chi connectivity index (χ4v) is 2.24. The number of para-hydroxylation sites is 1. The van der Waals surface area contributed by atoms with Crippen LogP contribution in [0.1, 0.15) is 23.0 Å². The maximum absolute atomic E-state index is 11.9. The molecule has 18 heavy (non-hydrogen) atoms. The van der Waals surface area contributed by atoms with Crippen LogP contribution in [-0.2, 0) is 0 Å². The zero-order chi connectivity index (χ0) is 13.3. The van der Waals surface area contributed by atoms with Crippen molar-refractivity contribution in [3.63, 3.8) is 0 Å². The van der Waals surface area contributed by atoms with Crippen LogP contribution in [0.15, 0.2) is 39.5 Å². The minimum Gasteiger partial charge on any atom is -0.414 e. The Kier molecular flexibility index (Phi) is 3.25. The average Bonchev–Trinajstić information content (AvgIpc) is 2.28. The molecule has 1 heterocycles. The number of nitrogens with zero attached hydrogens (tertiary/aromatic N) is 1. The van der Waals surface area contributed by atoms with E-state index in [0.29, 0.717) is 5.69 Å². The van der Waals surface area contributed by atoms with E-state index in [-0.39, 0.29) is 21.7 Å². The molecule has 0 saturated carbocycles. The number of hydrogen-bond donors (Lipinski definition) is 0. The van der Waals surface area contributed by atoms with Gasteiger partial charge in [-0.25, -0.2) is 9.36 Å². The number of Topliss-reactive ketones (excluding diaryl/α,β-unsaturated/α-hetero) is 1. The quantitative estimate of drug-likeness (QED) is 0.616. The van der Waals surface area contributed by atoms with Crippen molar-refractivity contribution in [3.8, 4) is 5.69 Å². The van der Waals surface area contributed by atoms with Crippen LogP contribution < -0.4 is 5.76 Å². The van der Waals surface area contributed by atoms with Gasteiger partial charge in [0, 0.05) is 0 Å². The monoisotopic (exact) mass is 261 g/mol. The molecule has 2 aromatic rings. The minimum atomic E-state index is -0.589. The topological polar surface area (TPSA) is 52.2 Å². The Hall–Kier alpha value is -2.01. The summed E-state index contributed by atoms with van der Waals surface area (Å²) in [6, 6.07) is 8.85. The van der Waals surface area contributed by atoms with Crippen LogP contribution in [0.2, 0.25) is 0 Å². The lowest BCUT2D eigenvalue weighted by Crippen LogP contribution is -2.21. The third kappa shape index (κ3) is 2.04. The van der Waals surface area contributed by atoms with Gasteiger partial charge in [0.2, 0.25) is 0 Å². The van der Waals surface area contributed by atoms with Gasteiger partial charge >= 0.3 is 5.76 Å². The van der Waals surface area contributed by atoms with Crippen molar-refractivity contribution in [2.24, 2.45) is 0 Å². The molecule has 0 aliphatic heterocycles. The van der Waals surface area contributed by atoms with E-state index in [1.54, 1.807) is 31.2 Å². The molecule has 0 fully saturated rings. The Morgan fingerprint density at radius 2 is 1.89 bits per heavy atom. The van der Waals surface area contributed by atoms with Crippen molar-refractivity contribution >= 4 is 18.0 Å². The van der Waals surface area contributed by atoms with Gasteiger partial charge in [-0.05, 0) is 26.0 Å². The summed E-state index contributed by atoms with van der Waals surface area (Å²) < 4.78 is 6.46. The van der Waals surface area contributed by atoms with Gasteiger partial charge < -0.3 is 4.42 Å². The lowest BCUT2D eigenvalue weighted by atomic mass is 10.2. The van der Waals surface area contributed by atoms with E-state index >= 15 is 0 Å². The van der Waals surface area contributed by atoms with Crippen LogP contribution >= 0.6 is 12.2 Å². The van der Waals surface area contributed by atoms with Gasteiger partial charge in [-0.3, -0.25) is 4.79 Å². The molecule has 0 N–H and O–H groups in total. The predicted molar refractivity (Wildman–Crippen MR) is 69.9 cm³/mol. The number of rotatable bonds is 2. The molecule has 0 amide bonds. The van der Waals surface area contributed by atoms with E-state index in [4.69, 9.17) is 16.6 Å². The van der Waals surface area contributed by atoms with Crippen molar-refractivity contribution in [2.75, 3.05) is 0 Å². The molecule has 0 saturated heterocycles. The number of aromatic nitrogens is 1. The zero-order valence-electron chi connectivity index (χ0n) is 9.97. The number of carbonyl (C=O) groups excluding carboxylic acids is 1. The lowest BCUT2D eigenvalue weighted by molar-refractivity contribution is 0.101. The Labute approximate surface area is 108 Å². The van der Waals surface area contributed by atoms with Crippen molar-refractivity contribution in [3.05, 3.63) is 56.8 Å². The largest absolute Gasteiger partial charge is 0.424 e. The molecule has 0 unspecified atom stereocenters. The minimum absolute atomic E-state index is 0.183. The molecular weight excluding hydrogens is 250 g/mol. The van der Waals surface area contributed by atoms with E-state index < -0.39 is 5.76 Å². The van der Waals surface area contributed by atoms with Crippen LogP contribution in [0.25, 0.3) is 5.69 Å². The zero-order valence-corrected chi connectivity index (χ0v) is 10.8. The van der Waals surface area contributed by atoms with Crippen molar-refractivity contribution in [1.82, 2.24) is 4.57 Å². The molecule has 0 radical (unpaired) electrons. The van der Waals surface area contributed by atoms with E-state index in [1.165, 1.54) is 11.5 Å². The SMILES string of the molecule is CC(=O)c1c(C)oc(=O)n(-c2ccccc2)c1=S. The van der Waals surface area contributed by atoms with Crippen LogP contribution in [-0.4, -0.2) is 10.4 Å². The molecule has 1 aromatic heterocycles. The Morgan fingerprint density at radius 3 is 2.44 bits per heavy atom. The van der Waals surface area contributed by atoms with Gasteiger partial charge in [-0.15, -0.1) is 0 Å². The second kappa shape index (κ2) is 4.70. The van der Waals surface area contributed by atoms with Gasteiger partial charge in [0.05, 0.1) is 11.3 Å². The van der Waals surface area contributed by atoms with Crippen LogP contribution in [0.4, 0.5) is 0 Å². The summed E-state index contributed by atoms with van der Waals surface area (Å²) in [6.07, 6.45) is 0. The van der Waals surface area contributed by atoms with Crippen molar-refractivity contribution in [2.45, 2.75) is 13.8 Å². The summed E-state index contributed by atoms with van der Waals surface area (Å²) in [6.45, 7) is 2.96. The summed E-state index contributed by atoms with van der Waals surface area (Å²) >= 11 is 5.21. The maximum Gasteiger partial charge on any atom is 0.424 e. The molecule has 5 heteroatoms. The van der Waals surface area contributed by atoms with Crippen LogP contribution in [0.5, 0.6) is 0 Å². The second-order valence-electron chi connectivity index (χ2n) is 3.83. The fourth-order valence-electron chi connectivity index (χ4n) is 1.77. The highest BCUT2D eigenvalue weighted by Gasteiger charge is 2.14. The second-order valence-corrected chi connectivity index (χ2v) is 4.22. The summed E-state index contributed by atoms with van der Waals surface area (Å²) in [5.41, 5.74) is 0.854. The number of hydrogen-bond acceptors (Lipinski definition) is 4. The highest BCUT2D eigenvalue weighted by atomic mass is 32.1. The standard InChI is InChI=1S/C13H11NO3S/c1-8(15)11-9(2)17-13(16)14(12(11)18)10-6-4-3-5-7-10/h3-7H,1-2H3. The molecule has 92 valence electrons. The average molecular weight is 261 g/mol. The van der Waals surface area contributed by atoms with E-state index in [9.17, 15) is 9.59 Å². The Morgan fingerprint density at radius 1 is 1.28 bits per heavy atom. The normalized spacial score (nSPS) is 10.3. The van der Waals surface area contributed by atoms with Gasteiger partial charge in [0.25, 0.3) is 0 Å². The van der Waals surface area contributed by atoms with Crippen LogP contribution in [0, 0.1) is 11.6 Å². The molecule has 0 spiro atoms. The highest BCUT2D eigenvalue weighted by molar-refractivity contribution is 7.71. The molecule has 0 atom stereocenters. The van der Waals surface area contributed by atoms with Crippen molar-refractivity contribution in [1.29, 1.82) is 0 Å². The van der Waals surface area contributed by atoms with Gasteiger partial charge in [0.1, 0.15) is 10.4 Å². The molecule has 0 aliphatic carbocycles. The first-order valence-electron chi connectivity index (χ1n) is 5.35. The Bertz CT molecular complexity index is 713. The Balaban J connectivity index is 2.86. The van der Waals surface area contributed by atoms with Gasteiger partial charge in [-0.2, -0.15) is 0 Å². The molecule has 2 rings (SSSR count). The maximum atomic E-state index is 11.9. The summed E-state index contributed by atoms with van der Waals surface area (Å²) in [4.78, 5) is 23.4. The molecular formula is C13H11NO3S. The predicted octanol–water partition coefficient (Wildman–Crippen LogP) is 2.67. The molecule has 4 nitrogen and oxygen atoms in total. The van der Waals surface area contributed by atoms with Gasteiger partial charge in [-0.1, -0.05) is 30.4 Å². The van der Waals surface area contributed by atoms with Crippen LogP contribution in [0.3, 0.4) is 0 Å². The van der Waals surface area contributed by atoms with Crippen molar-refractivity contribution < 1.29 is 9.21 Å². The molecule has 0 bridgehead atoms. The fraction of sp³-hybridized carbons (Fsp3) is 0.154. The lowest BCUT2D eigenvalue weighted by Gasteiger charge is -2.08. The number of benzene rings is 1. The first kappa shape index (κ1) is 12.4. The molecule has 1 aromatic carbocycles. The number of aryl methyl sites for hydroxylation is 1.